The van der Waals surface area contributed by atoms with Crippen molar-refractivity contribution in [3.63, 3.8) is 0 Å². The molecule has 0 spiro atoms. The first-order valence-corrected chi connectivity index (χ1v) is 5.84. The van der Waals surface area contributed by atoms with Crippen LogP contribution in [0, 0.1) is 10.1 Å². The first-order chi connectivity index (χ1) is 9.68. The minimum atomic E-state index is -5.03. The van der Waals surface area contributed by atoms with E-state index in [9.17, 15) is 28.1 Å². The summed E-state index contributed by atoms with van der Waals surface area (Å²) < 4.78 is 43.8. The Labute approximate surface area is 117 Å². The number of nitro groups is 1. The van der Waals surface area contributed by atoms with E-state index in [2.05, 4.69) is 4.74 Å². The number of esters is 1. The summed E-state index contributed by atoms with van der Waals surface area (Å²) in [7, 11) is 0. The van der Waals surface area contributed by atoms with Gasteiger partial charge in [-0.15, -0.1) is 0 Å². The molecule has 21 heavy (non-hydrogen) atoms. The number of hydrogen-bond donors (Lipinski definition) is 1. The Morgan fingerprint density at radius 1 is 1.38 bits per heavy atom. The van der Waals surface area contributed by atoms with Crippen molar-refractivity contribution in [2.24, 2.45) is 0 Å². The van der Waals surface area contributed by atoms with Crippen LogP contribution in [0.1, 0.15) is 18.4 Å². The van der Waals surface area contributed by atoms with E-state index >= 15 is 0 Å². The van der Waals surface area contributed by atoms with Gasteiger partial charge in [0.15, 0.2) is 5.92 Å². The minimum Gasteiger partial charge on any atom is -0.508 e. The number of carbonyl (C=O) groups is 1. The zero-order valence-corrected chi connectivity index (χ0v) is 10.8. The summed E-state index contributed by atoms with van der Waals surface area (Å²) in [6, 6.07) is 1.06. The van der Waals surface area contributed by atoms with Gasteiger partial charge in [0.2, 0.25) is 0 Å². The Balaban J connectivity index is 3.31. The van der Waals surface area contributed by atoms with Crippen LogP contribution in [0.25, 0.3) is 0 Å². The Hall–Kier alpha value is -2.32. The van der Waals surface area contributed by atoms with Crippen molar-refractivity contribution in [3.05, 3.63) is 39.9 Å². The molecule has 1 rings (SSSR count). The molecule has 0 radical (unpaired) electrons. The molecule has 1 aromatic carbocycles. The number of halogens is 3. The minimum absolute atomic E-state index is 0.274. The van der Waals surface area contributed by atoms with Gasteiger partial charge >= 0.3 is 18.2 Å². The van der Waals surface area contributed by atoms with Gasteiger partial charge in [0.25, 0.3) is 0 Å². The maximum Gasteiger partial charge on any atom is 0.403 e. The lowest BCUT2D eigenvalue weighted by Crippen LogP contribution is -2.43. The van der Waals surface area contributed by atoms with E-state index in [0.717, 1.165) is 24.3 Å². The van der Waals surface area contributed by atoms with Gasteiger partial charge in [0.1, 0.15) is 5.75 Å². The molecule has 1 N–H and O–H groups in total. The largest absolute Gasteiger partial charge is 0.508 e. The third-order valence-corrected chi connectivity index (χ3v) is 2.68. The van der Waals surface area contributed by atoms with E-state index in [0.29, 0.717) is 0 Å². The number of phenols is 1. The molecule has 0 aliphatic rings. The van der Waals surface area contributed by atoms with E-state index in [1.165, 1.54) is 6.92 Å². The predicted octanol–water partition coefficient (Wildman–Crippen LogP) is 2.25. The molecule has 116 valence electrons. The first-order valence-electron chi connectivity index (χ1n) is 5.84. The van der Waals surface area contributed by atoms with Gasteiger partial charge in [0, 0.05) is 4.92 Å². The molecule has 0 aliphatic carbocycles. The van der Waals surface area contributed by atoms with Crippen molar-refractivity contribution >= 4 is 5.97 Å². The monoisotopic (exact) mass is 307 g/mol. The van der Waals surface area contributed by atoms with E-state index in [4.69, 9.17) is 5.11 Å². The Kier molecular flexibility index (Phi) is 5.12. The smallest absolute Gasteiger partial charge is 0.403 e. The van der Waals surface area contributed by atoms with Crippen LogP contribution in [0.3, 0.4) is 0 Å². The second kappa shape index (κ2) is 6.42. The first kappa shape index (κ1) is 16.7. The predicted molar refractivity (Wildman–Crippen MR) is 64.3 cm³/mol. The molecule has 0 aliphatic heterocycles. The second-order valence-electron chi connectivity index (χ2n) is 4.09. The Bertz CT molecular complexity index is 515. The summed E-state index contributed by atoms with van der Waals surface area (Å²) in [6.45, 7) is 1.06. The summed E-state index contributed by atoms with van der Waals surface area (Å²) in [6.07, 6.45) is -5.03. The van der Waals surface area contributed by atoms with Crippen LogP contribution in [-0.2, 0) is 9.53 Å². The highest BCUT2D eigenvalue weighted by Crippen LogP contribution is 2.39. The number of phenolic OH excluding ortho intramolecular Hbond substituents is 1. The highest BCUT2D eigenvalue weighted by molar-refractivity contribution is 5.76. The van der Waals surface area contributed by atoms with Gasteiger partial charge in [0.05, 0.1) is 6.61 Å². The molecule has 0 bridgehead atoms. The fourth-order valence-electron chi connectivity index (χ4n) is 1.80. The summed E-state index contributed by atoms with van der Waals surface area (Å²) in [4.78, 5) is 21.1. The maximum absolute atomic E-state index is 13.1. The van der Waals surface area contributed by atoms with E-state index in [-0.39, 0.29) is 12.4 Å². The summed E-state index contributed by atoms with van der Waals surface area (Å²) in [5.74, 6) is -4.52. The second-order valence-corrected chi connectivity index (χ2v) is 4.09. The Morgan fingerprint density at radius 2 is 1.90 bits per heavy atom. The number of benzene rings is 1. The van der Waals surface area contributed by atoms with Crippen molar-refractivity contribution in [1.82, 2.24) is 0 Å². The average Bonchev–Trinajstić information content (AvgIpc) is 2.35. The number of alkyl halides is 3. The van der Waals surface area contributed by atoms with Gasteiger partial charge in [-0.3, -0.25) is 10.1 Å². The van der Waals surface area contributed by atoms with Gasteiger partial charge in [-0.1, -0.05) is 12.1 Å². The van der Waals surface area contributed by atoms with Gasteiger partial charge < -0.3 is 9.84 Å². The highest BCUT2D eigenvalue weighted by Gasteiger charge is 2.55. The normalized spacial score (nSPS) is 14.3. The van der Waals surface area contributed by atoms with Gasteiger partial charge in [-0.25, -0.2) is 4.79 Å². The summed E-state index contributed by atoms with van der Waals surface area (Å²) in [5.41, 5.74) is -0.505. The van der Waals surface area contributed by atoms with Crippen molar-refractivity contribution < 1.29 is 32.7 Å². The van der Waals surface area contributed by atoms with Crippen LogP contribution in [0.5, 0.6) is 5.75 Å². The van der Waals surface area contributed by atoms with Crippen LogP contribution in [0.2, 0.25) is 0 Å². The van der Waals surface area contributed by atoms with E-state index in [1.807, 2.05) is 0 Å². The molecular weight excluding hydrogens is 295 g/mol. The number of aromatic hydroxyl groups is 1. The highest BCUT2D eigenvalue weighted by atomic mass is 19.4. The van der Waals surface area contributed by atoms with Crippen molar-refractivity contribution in [3.8, 4) is 5.75 Å². The van der Waals surface area contributed by atoms with E-state index < -0.39 is 34.6 Å². The SMILES string of the molecule is CCOC(=O)C(C(c1ccc(O)cc1)C(F)(F)F)[N+](=O)[O-]. The lowest BCUT2D eigenvalue weighted by Gasteiger charge is -2.22. The lowest BCUT2D eigenvalue weighted by molar-refractivity contribution is -0.522. The number of carbonyl (C=O) groups excluding carboxylic acids is 1. The standard InChI is InChI=1S/C12H12F3NO5/c1-2-21-11(18)10(16(19)20)9(12(13,14)15)7-3-5-8(17)6-4-7/h3-6,9-10,17H,2H2,1H3. The van der Waals surface area contributed by atoms with Gasteiger partial charge in [-0.2, -0.15) is 13.2 Å². The number of hydrogen-bond acceptors (Lipinski definition) is 5. The number of ether oxygens (including phenoxy) is 1. The lowest BCUT2D eigenvalue weighted by atomic mass is 9.91. The Morgan fingerprint density at radius 3 is 2.29 bits per heavy atom. The summed E-state index contributed by atoms with van der Waals surface area (Å²) in [5, 5.41) is 20.0. The fourth-order valence-corrected chi connectivity index (χ4v) is 1.80. The molecule has 2 unspecified atom stereocenters. The zero-order valence-electron chi connectivity index (χ0n) is 10.8. The summed E-state index contributed by atoms with van der Waals surface area (Å²) >= 11 is 0. The molecule has 9 heteroatoms. The van der Waals surface area contributed by atoms with Crippen LogP contribution < -0.4 is 0 Å². The van der Waals surface area contributed by atoms with Crippen LogP contribution in [-0.4, -0.2) is 34.8 Å². The molecule has 0 heterocycles. The average molecular weight is 307 g/mol. The third-order valence-electron chi connectivity index (χ3n) is 2.68. The molecule has 0 saturated heterocycles. The third kappa shape index (κ3) is 4.07. The van der Waals surface area contributed by atoms with Crippen LogP contribution in [0.4, 0.5) is 13.2 Å². The molecule has 1 aromatic rings. The number of nitrogens with zero attached hydrogens (tertiary/aromatic N) is 1. The maximum atomic E-state index is 13.1. The van der Waals surface area contributed by atoms with Crippen molar-refractivity contribution in [2.75, 3.05) is 6.61 Å². The van der Waals surface area contributed by atoms with Gasteiger partial charge in [-0.05, 0) is 24.6 Å². The quantitative estimate of drug-likeness (QED) is 0.512. The van der Waals surface area contributed by atoms with Crippen LogP contribution >= 0.6 is 0 Å². The van der Waals surface area contributed by atoms with Crippen molar-refractivity contribution in [2.45, 2.75) is 25.1 Å². The molecule has 0 amide bonds. The van der Waals surface area contributed by atoms with E-state index in [1.54, 1.807) is 0 Å². The molecule has 2 atom stereocenters. The zero-order chi connectivity index (χ0) is 16.2. The fraction of sp³-hybridized carbons (Fsp3) is 0.417. The number of rotatable bonds is 5. The molecular formula is C12H12F3NO5. The molecule has 0 saturated carbocycles. The molecule has 6 nitrogen and oxygen atoms in total. The topological polar surface area (TPSA) is 89.7 Å². The molecule has 0 aromatic heterocycles. The van der Waals surface area contributed by atoms with Crippen LogP contribution in [0.15, 0.2) is 24.3 Å². The van der Waals surface area contributed by atoms with Crippen molar-refractivity contribution in [1.29, 1.82) is 0 Å². The molecule has 0 fully saturated rings.